The average molecular weight is 275 g/mol. The SMILES string of the molecule is C=C(CC(C)C(=C)C)c1cc(Cl)c2c(c1)CC(C)C2. The molecule has 1 aliphatic carbocycles. The van der Waals surface area contributed by atoms with E-state index in [2.05, 4.69) is 46.1 Å². The molecule has 0 aliphatic heterocycles. The summed E-state index contributed by atoms with van der Waals surface area (Å²) in [5, 5.41) is 0.918. The molecular formula is C18H23Cl. The van der Waals surface area contributed by atoms with E-state index in [1.807, 2.05) is 0 Å². The molecule has 0 saturated heterocycles. The number of hydrogen-bond donors (Lipinski definition) is 0. The summed E-state index contributed by atoms with van der Waals surface area (Å²) < 4.78 is 0. The second-order valence-corrected chi connectivity index (χ2v) is 6.57. The first-order chi connectivity index (χ1) is 8.88. The molecule has 0 amide bonds. The zero-order valence-electron chi connectivity index (χ0n) is 12.2. The third-order valence-electron chi connectivity index (χ3n) is 4.21. The van der Waals surface area contributed by atoms with Gasteiger partial charge in [-0.15, -0.1) is 0 Å². The summed E-state index contributed by atoms with van der Waals surface area (Å²) in [6, 6.07) is 4.38. The van der Waals surface area contributed by atoms with Gasteiger partial charge in [0, 0.05) is 5.02 Å². The second-order valence-electron chi connectivity index (χ2n) is 6.16. The highest BCUT2D eigenvalue weighted by molar-refractivity contribution is 6.31. The van der Waals surface area contributed by atoms with Crippen LogP contribution in [0.5, 0.6) is 0 Å². The minimum atomic E-state index is 0.471. The minimum Gasteiger partial charge on any atom is -0.0999 e. The first kappa shape index (κ1) is 14.4. The maximum absolute atomic E-state index is 6.42. The predicted octanol–water partition coefficient (Wildman–Crippen LogP) is 5.69. The lowest BCUT2D eigenvalue weighted by Gasteiger charge is -2.15. The molecule has 2 rings (SSSR count). The van der Waals surface area contributed by atoms with Crippen molar-refractivity contribution >= 4 is 17.2 Å². The fraction of sp³-hybridized carbons (Fsp3) is 0.444. The van der Waals surface area contributed by atoms with Gasteiger partial charge in [0.1, 0.15) is 0 Å². The van der Waals surface area contributed by atoms with E-state index in [9.17, 15) is 0 Å². The highest BCUT2D eigenvalue weighted by Crippen LogP contribution is 2.36. The first-order valence-corrected chi connectivity index (χ1v) is 7.41. The monoisotopic (exact) mass is 274 g/mol. The molecule has 1 aliphatic rings. The van der Waals surface area contributed by atoms with Gasteiger partial charge in [-0.05, 0) is 66.4 Å². The van der Waals surface area contributed by atoms with E-state index in [1.54, 1.807) is 0 Å². The average Bonchev–Trinajstić information content (AvgIpc) is 2.69. The summed E-state index contributed by atoms with van der Waals surface area (Å²) in [5.41, 5.74) is 6.34. The van der Waals surface area contributed by atoms with Crippen LogP contribution in [0.4, 0.5) is 0 Å². The normalized spacial score (nSPS) is 19.1. The molecular weight excluding hydrogens is 252 g/mol. The topological polar surface area (TPSA) is 0 Å². The number of allylic oxidation sites excluding steroid dienone is 2. The highest BCUT2D eigenvalue weighted by Gasteiger charge is 2.21. The van der Waals surface area contributed by atoms with Gasteiger partial charge in [0.05, 0.1) is 0 Å². The van der Waals surface area contributed by atoms with E-state index in [0.29, 0.717) is 11.8 Å². The van der Waals surface area contributed by atoms with E-state index in [1.165, 1.54) is 27.8 Å². The van der Waals surface area contributed by atoms with Crippen LogP contribution in [-0.4, -0.2) is 0 Å². The van der Waals surface area contributed by atoms with Crippen molar-refractivity contribution in [2.45, 2.75) is 40.0 Å². The highest BCUT2D eigenvalue weighted by atomic mass is 35.5. The quantitative estimate of drug-likeness (QED) is 0.619. The van der Waals surface area contributed by atoms with E-state index in [-0.39, 0.29) is 0 Å². The lowest BCUT2D eigenvalue weighted by Crippen LogP contribution is -1.98. The van der Waals surface area contributed by atoms with E-state index >= 15 is 0 Å². The lowest BCUT2D eigenvalue weighted by molar-refractivity contribution is 0.628. The van der Waals surface area contributed by atoms with Crippen molar-refractivity contribution in [3.63, 3.8) is 0 Å². The van der Waals surface area contributed by atoms with Gasteiger partial charge in [-0.1, -0.05) is 50.2 Å². The molecule has 1 aromatic rings. The molecule has 0 bridgehead atoms. The van der Waals surface area contributed by atoms with Gasteiger partial charge in [0.25, 0.3) is 0 Å². The van der Waals surface area contributed by atoms with Gasteiger partial charge < -0.3 is 0 Å². The number of hydrogen-bond acceptors (Lipinski definition) is 0. The fourth-order valence-corrected chi connectivity index (χ4v) is 3.08. The predicted molar refractivity (Wildman–Crippen MR) is 85.7 cm³/mol. The standard InChI is InChI=1S/C18H23Cl/c1-11(2)13(4)8-14(5)15-9-16-6-12(3)7-17(16)18(19)10-15/h9-10,12-13H,1,5-8H2,2-4H3. The Morgan fingerprint density at radius 1 is 1.37 bits per heavy atom. The first-order valence-electron chi connectivity index (χ1n) is 7.03. The molecule has 0 fully saturated rings. The van der Waals surface area contributed by atoms with Crippen molar-refractivity contribution in [3.8, 4) is 0 Å². The Hall–Kier alpha value is -1.01. The van der Waals surface area contributed by atoms with Crippen LogP contribution in [0.3, 0.4) is 0 Å². The van der Waals surface area contributed by atoms with Crippen LogP contribution in [-0.2, 0) is 12.8 Å². The molecule has 0 N–H and O–H groups in total. The zero-order valence-corrected chi connectivity index (χ0v) is 13.0. The van der Waals surface area contributed by atoms with Crippen LogP contribution in [0.15, 0.2) is 30.9 Å². The van der Waals surface area contributed by atoms with Crippen LogP contribution in [0.2, 0.25) is 5.02 Å². The van der Waals surface area contributed by atoms with Crippen LogP contribution in [0.1, 0.15) is 43.9 Å². The van der Waals surface area contributed by atoms with Crippen LogP contribution in [0, 0.1) is 11.8 Å². The van der Waals surface area contributed by atoms with Gasteiger partial charge in [0.15, 0.2) is 0 Å². The Morgan fingerprint density at radius 2 is 2.05 bits per heavy atom. The van der Waals surface area contributed by atoms with Gasteiger partial charge in [-0.2, -0.15) is 0 Å². The summed E-state index contributed by atoms with van der Waals surface area (Å²) in [4.78, 5) is 0. The van der Waals surface area contributed by atoms with Crippen molar-refractivity contribution in [1.29, 1.82) is 0 Å². The minimum absolute atomic E-state index is 0.471. The van der Waals surface area contributed by atoms with E-state index < -0.39 is 0 Å². The molecule has 102 valence electrons. The van der Waals surface area contributed by atoms with Gasteiger partial charge in [0.2, 0.25) is 0 Å². The van der Waals surface area contributed by atoms with Crippen LogP contribution >= 0.6 is 11.6 Å². The molecule has 0 radical (unpaired) electrons. The number of fused-ring (bicyclic) bond motifs is 1. The maximum Gasteiger partial charge on any atom is 0.0446 e. The molecule has 1 aromatic carbocycles. The fourth-order valence-electron chi connectivity index (χ4n) is 2.77. The van der Waals surface area contributed by atoms with Crippen molar-refractivity contribution in [2.24, 2.45) is 11.8 Å². The zero-order chi connectivity index (χ0) is 14.2. The Balaban J connectivity index is 2.23. The van der Waals surface area contributed by atoms with Gasteiger partial charge >= 0.3 is 0 Å². The lowest BCUT2D eigenvalue weighted by atomic mass is 9.91. The van der Waals surface area contributed by atoms with Crippen LogP contribution < -0.4 is 0 Å². The third kappa shape index (κ3) is 3.12. The molecule has 0 nitrogen and oxygen atoms in total. The summed E-state index contributed by atoms with van der Waals surface area (Å²) in [6.07, 6.45) is 3.22. The largest absolute Gasteiger partial charge is 0.0999 e. The molecule has 2 unspecified atom stereocenters. The maximum atomic E-state index is 6.42. The third-order valence-corrected chi connectivity index (χ3v) is 4.55. The van der Waals surface area contributed by atoms with Crippen LogP contribution in [0.25, 0.3) is 5.57 Å². The molecule has 0 aromatic heterocycles. The summed E-state index contributed by atoms with van der Waals surface area (Å²) in [7, 11) is 0. The van der Waals surface area contributed by atoms with Crippen molar-refractivity contribution in [2.75, 3.05) is 0 Å². The Kier molecular flexibility index (Phi) is 4.20. The van der Waals surface area contributed by atoms with Crippen molar-refractivity contribution in [3.05, 3.63) is 52.6 Å². The molecule has 0 heterocycles. The Morgan fingerprint density at radius 3 is 2.68 bits per heavy atom. The van der Waals surface area contributed by atoms with Gasteiger partial charge in [-0.3, -0.25) is 0 Å². The number of halogens is 1. The molecule has 1 heteroatoms. The van der Waals surface area contributed by atoms with Crippen molar-refractivity contribution in [1.82, 2.24) is 0 Å². The molecule has 2 atom stereocenters. The van der Waals surface area contributed by atoms with Crippen molar-refractivity contribution < 1.29 is 0 Å². The summed E-state index contributed by atoms with van der Waals surface area (Å²) in [5.74, 6) is 1.18. The molecule has 0 spiro atoms. The second kappa shape index (κ2) is 5.54. The molecule has 19 heavy (non-hydrogen) atoms. The van der Waals surface area contributed by atoms with E-state index in [4.69, 9.17) is 11.6 Å². The van der Waals surface area contributed by atoms with E-state index in [0.717, 1.165) is 24.3 Å². The Labute approximate surface area is 122 Å². The number of rotatable bonds is 4. The Bertz CT molecular complexity index is 525. The van der Waals surface area contributed by atoms with Gasteiger partial charge in [-0.25, -0.2) is 0 Å². The summed E-state index contributed by atoms with van der Waals surface area (Å²) in [6.45, 7) is 14.8. The molecule has 0 saturated carbocycles. The smallest absolute Gasteiger partial charge is 0.0446 e. The summed E-state index contributed by atoms with van der Waals surface area (Å²) >= 11 is 6.42. The number of benzene rings is 1.